The molecule has 0 radical (unpaired) electrons. The van der Waals surface area contributed by atoms with Crippen molar-refractivity contribution in [2.45, 2.75) is 0 Å². The summed E-state index contributed by atoms with van der Waals surface area (Å²) in [5.74, 6) is 1.46. The molecule has 0 bridgehead atoms. The molecule has 9 nitrogen and oxygen atoms in total. The molecule has 0 amide bonds. The Morgan fingerprint density at radius 2 is 0.567 bits per heavy atom. The molecule has 0 fully saturated rings. The van der Waals surface area contributed by atoms with Crippen LogP contribution in [0.3, 0.4) is 0 Å². The maximum Gasteiger partial charge on any atom is 0.168 e. The molecule has 0 saturated heterocycles. The standard InChI is InChI=1S/C81H45N7O2/c1-10-31-61-48(20-1)49-21-2-11-32-62(49)85(61)75-72-60-30-19-29-59-54-26-7-16-37-67(54)88(74(59)60)76(72)78(87-65-35-14-5-24-52(65)53-25-6-15-36-66(53)87)77(86-63-33-12-3-22-50(63)51-23-4-13-34-64(51)86)73(75)81-83-79(46-40-42-57-55-27-8-17-38-68(55)89-70(57)44-46)82-80(84-81)47-41-43-58-56-28-9-18-39-69(56)90-71(58)45-47/h1-45H. The van der Waals surface area contributed by atoms with E-state index in [0.29, 0.717) is 17.5 Å². The van der Waals surface area contributed by atoms with Gasteiger partial charge in [0.1, 0.15) is 22.3 Å². The van der Waals surface area contributed by atoms with Crippen molar-refractivity contribution in [2.75, 3.05) is 0 Å². The van der Waals surface area contributed by atoms with Gasteiger partial charge in [-0.3, -0.25) is 0 Å². The average molecular weight is 1150 g/mol. The molecule has 9 heteroatoms. The Hall–Kier alpha value is -12.3. The molecule has 0 saturated carbocycles. The Bertz CT molecular complexity index is 6390. The highest BCUT2D eigenvalue weighted by atomic mass is 16.3. The van der Waals surface area contributed by atoms with Gasteiger partial charge >= 0.3 is 0 Å². The molecule has 0 atom stereocenters. The first-order valence-corrected chi connectivity index (χ1v) is 30.5. The lowest BCUT2D eigenvalue weighted by Crippen LogP contribution is -2.13. The van der Waals surface area contributed by atoms with Crippen molar-refractivity contribution in [1.29, 1.82) is 0 Å². The van der Waals surface area contributed by atoms with Crippen LogP contribution in [0.2, 0.25) is 0 Å². The fourth-order valence-corrected chi connectivity index (χ4v) is 15.5. The fraction of sp³-hybridized carbons (Fsp3) is 0. The third-order valence-electron chi connectivity index (χ3n) is 19.1. The minimum absolute atomic E-state index is 0.483. The number of hydrogen-bond donors (Lipinski definition) is 0. The number of rotatable bonds is 6. The highest BCUT2D eigenvalue weighted by Gasteiger charge is 2.36. The van der Waals surface area contributed by atoms with Gasteiger partial charge in [0.2, 0.25) is 0 Å². The summed E-state index contributed by atoms with van der Waals surface area (Å²) in [6, 6.07) is 98.1. The van der Waals surface area contributed by atoms with Gasteiger partial charge in [0.15, 0.2) is 17.5 Å². The maximum absolute atomic E-state index is 6.68. The van der Waals surface area contributed by atoms with E-state index in [2.05, 4.69) is 267 Å². The number of nitrogens with zero attached hydrogens (tertiary/aromatic N) is 7. The highest BCUT2D eigenvalue weighted by molar-refractivity contribution is 6.30. The zero-order valence-corrected chi connectivity index (χ0v) is 47.9. The van der Waals surface area contributed by atoms with E-state index < -0.39 is 0 Å². The predicted octanol–water partition coefficient (Wildman–Crippen LogP) is 21.1. The third-order valence-corrected chi connectivity index (χ3v) is 19.1. The second kappa shape index (κ2) is 17.7. The Morgan fingerprint density at radius 1 is 0.233 bits per heavy atom. The van der Waals surface area contributed by atoms with Crippen LogP contribution in [0.1, 0.15) is 0 Å². The lowest BCUT2D eigenvalue weighted by Gasteiger charge is -2.26. The van der Waals surface area contributed by atoms with Crippen molar-refractivity contribution in [1.82, 2.24) is 33.1 Å². The molecular formula is C81H45N7O2. The first-order valence-electron chi connectivity index (χ1n) is 30.5. The zero-order valence-electron chi connectivity index (χ0n) is 47.9. The second-order valence-electron chi connectivity index (χ2n) is 23.7. The molecule has 0 aliphatic carbocycles. The summed E-state index contributed by atoms with van der Waals surface area (Å²) in [7, 11) is 0. The number of benzene rings is 13. The third kappa shape index (κ3) is 6.31. The van der Waals surface area contributed by atoms with Crippen molar-refractivity contribution in [3.63, 3.8) is 0 Å². The SMILES string of the molecule is c1ccc2c(c1)oc1cc(-c3nc(-c4ccc5c(c4)oc4ccccc45)nc(-c4c(-n5c6ccccc6c6ccccc65)c(-n5c6ccccc6c6ccccc65)c5c(c4-n4c6ccccc6c6ccccc64)c4cccc6c7ccccc7n5c64)n3)ccc12. The summed E-state index contributed by atoms with van der Waals surface area (Å²) < 4.78 is 23.5. The summed E-state index contributed by atoms with van der Waals surface area (Å²) in [4.78, 5) is 17.6. The van der Waals surface area contributed by atoms with E-state index in [0.717, 1.165) is 170 Å². The summed E-state index contributed by atoms with van der Waals surface area (Å²) in [5.41, 5.74) is 17.9. The number of fused-ring (bicyclic) bond motifs is 21. The summed E-state index contributed by atoms with van der Waals surface area (Å²) in [6.07, 6.45) is 0. The Morgan fingerprint density at radius 3 is 1.02 bits per heavy atom. The summed E-state index contributed by atoms with van der Waals surface area (Å²) >= 11 is 0. The lowest BCUT2D eigenvalue weighted by molar-refractivity contribution is 0.668. The van der Waals surface area contributed by atoms with E-state index in [1.807, 2.05) is 24.3 Å². The van der Waals surface area contributed by atoms with Crippen LogP contribution in [0, 0.1) is 0 Å². The molecule has 0 N–H and O–H groups in total. The van der Waals surface area contributed by atoms with Crippen LogP contribution in [-0.4, -0.2) is 33.1 Å². The van der Waals surface area contributed by atoms with E-state index in [1.165, 1.54) is 10.8 Å². The van der Waals surface area contributed by atoms with Gasteiger partial charge in [0, 0.05) is 86.5 Å². The largest absolute Gasteiger partial charge is 0.456 e. The molecule has 0 spiro atoms. The van der Waals surface area contributed by atoms with E-state index >= 15 is 0 Å². The monoisotopic (exact) mass is 1150 g/mol. The van der Waals surface area contributed by atoms with Gasteiger partial charge in [0.25, 0.3) is 0 Å². The second-order valence-corrected chi connectivity index (χ2v) is 23.7. The topological polar surface area (TPSA) is 84.1 Å². The van der Waals surface area contributed by atoms with Gasteiger partial charge in [-0.05, 0) is 78.9 Å². The van der Waals surface area contributed by atoms with Crippen LogP contribution < -0.4 is 0 Å². The number of hydrogen-bond acceptors (Lipinski definition) is 5. The van der Waals surface area contributed by atoms with Crippen LogP contribution in [0.5, 0.6) is 0 Å². The summed E-state index contributed by atoms with van der Waals surface area (Å²) in [6.45, 7) is 0. The van der Waals surface area contributed by atoms with Crippen molar-refractivity contribution < 1.29 is 8.83 Å². The molecule has 0 unspecified atom stereocenters. The van der Waals surface area contributed by atoms with Crippen LogP contribution in [0.15, 0.2) is 282 Å². The van der Waals surface area contributed by atoms with E-state index in [4.69, 9.17) is 23.8 Å². The van der Waals surface area contributed by atoms with Gasteiger partial charge in [-0.2, -0.15) is 0 Å². The molecule has 0 aliphatic heterocycles. The number of para-hydroxylation sites is 10. The molecule has 21 aromatic rings. The van der Waals surface area contributed by atoms with Crippen molar-refractivity contribution in [2.24, 2.45) is 0 Å². The van der Waals surface area contributed by atoms with Crippen molar-refractivity contribution in [3.05, 3.63) is 273 Å². The fourth-order valence-electron chi connectivity index (χ4n) is 15.5. The highest BCUT2D eigenvalue weighted by Crippen LogP contribution is 2.54. The Kier molecular flexibility index (Phi) is 9.39. The van der Waals surface area contributed by atoms with Gasteiger partial charge in [-0.25, -0.2) is 15.0 Å². The van der Waals surface area contributed by atoms with Crippen molar-refractivity contribution >= 4 is 147 Å². The molecular weight excluding hydrogens is 1100 g/mol. The lowest BCUT2D eigenvalue weighted by atomic mass is 9.98. The van der Waals surface area contributed by atoms with Gasteiger partial charge in [0.05, 0.1) is 72.3 Å². The van der Waals surface area contributed by atoms with Crippen LogP contribution in [0.4, 0.5) is 0 Å². The first kappa shape index (κ1) is 47.9. The molecule has 90 heavy (non-hydrogen) atoms. The molecule has 0 aliphatic rings. The van der Waals surface area contributed by atoms with Crippen LogP contribution in [0.25, 0.3) is 199 Å². The van der Waals surface area contributed by atoms with Gasteiger partial charge in [-0.1, -0.05) is 194 Å². The van der Waals surface area contributed by atoms with Crippen molar-refractivity contribution in [3.8, 4) is 51.2 Å². The number of furan rings is 2. The molecule has 8 heterocycles. The predicted molar refractivity (Wildman–Crippen MR) is 368 cm³/mol. The average Bonchev–Trinajstić information content (AvgIpc) is 1.49. The zero-order chi connectivity index (χ0) is 58.4. The van der Waals surface area contributed by atoms with Crippen LogP contribution in [-0.2, 0) is 0 Å². The minimum atomic E-state index is 0.483. The number of aromatic nitrogens is 7. The van der Waals surface area contributed by atoms with Gasteiger partial charge < -0.3 is 26.9 Å². The Balaban J connectivity index is 1.05. The van der Waals surface area contributed by atoms with E-state index in [9.17, 15) is 0 Å². The van der Waals surface area contributed by atoms with Crippen LogP contribution >= 0.6 is 0 Å². The smallest absolute Gasteiger partial charge is 0.168 e. The minimum Gasteiger partial charge on any atom is -0.456 e. The molecule has 416 valence electrons. The molecule has 8 aromatic heterocycles. The molecule has 13 aromatic carbocycles. The Labute approximate surface area is 510 Å². The maximum atomic E-state index is 6.68. The quantitative estimate of drug-likeness (QED) is 0.166. The molecule has 21 rings (SSSR count). The normalized spacial score (nSPS) is 12.4. The van der Waals surface area contributed by atoms with Gasteiger partial charge in [-0.15, -0.1) is 0 Å². The van der Waals surface area contributed by atoms with E-state index in [-0.39, 0.29) is 0 Å². The van der Waals surface area contributed by atoms with E-state index in [1.54, 1.807) is 0 Å². The summed E-state index contributed by atoms with van der Waals surface area (Å²) in [5, 5.41) is 15.4. The first-order chi connectivity index (χ1) is 44.7.